The SMILES string of the molecule is NC(=O)C(Nc1ccc(Cl)c(Br)c1)c1ccc(O)c(Cl)c1. The molecule has 4 nitrogen and oxygen atoms in total. The predicted molar refractivity (Wildman–Crippen MR) is 87.8 cm³/mol. The highest BCUT2D eigenvalue weighted by Gasteiger charge is 2.19. The van der Waals surface area contributed by atoms with Crippen molar-refractivity contribution in [3.05, 3.63) is 56.5 Å². The first-order valence-corrected chi connectivity index (χ1v) is 7.42. The van der Waals surface area contributed by atoms with Crippen molar-refractivity contribution in [3.63, 3.8) is 0 Å². The van der Waals surface area contributed by atoms with Crippen LogP contribution < -0.4 is 11.1 Å². The summed E-state index contributed by atoms with van der Waals surface area (Å²) in [7, 11) is 0. The van der Waals surface area contributed by atoms with E-state index >= 15 is 0 Å². The summed E-state index contributed by atoms with van der Waals surface area (Å²) in [5.41, 5.74) is 6.65. The van der Waals surface area contributed by atoms with E-state index in [4.69, 9.17) is 28.9 Å². The molecular formula is C14H11BrCl2N2O2. The van der Waals surface area contributed by atoms with E-state index in [1.807, 2.05) is 0 Å². The van der Waals surface area contributed by atoms with Gasteiger partial charge in [-0.15, -0.1) is 0 Å². The predicted octanol–water partition coefficient (Wildman–Crippen LogP) is 4.10. The number of hydrogen-bond donors (Lipinski definition) is 3. The van der Waals surface area contributed by atoms with Crippen molar-refractivity contribution in [1.82, 2.24) is 0 Å². The average Bonchev–Trinajstić information content (AvgIpc) is 2.43. The highest BCUT2D eigenvalue weighted by Crippen LogP contribution is 2.30. The zero-order chi connectivity index (χ0) is 15.6. The third kappa shape index (κ3) is 3.81. The molecule has 4 N–H and O–H groups in total. The fourth-order valence-corrected chi connectivity index (χ4v) is 2.46. The number of carbonyl (C=O) groups is 1. The first kappa shape index (κ1) is 15.9. The van der Waals surface area contributed by atoms with Gasteiger partial charge in [0.2, 0.25) is 5.91 Å². The van der Waals surface area contributed by atoms with E-state index in [-0.39, 0.29) is 10.8 Å². The lowest BCUT2D eigenvalue weighted by Crippen LogP contribution is -2.27. The molecule has 0 fully saturated rings. The second-order valence-electron chi connectivity index (χ2n) is 4.32. The smallest absolute Gasteiger partial charge is 0.244 e. The van der Waals surface area contributed by atoms with Crippen LogP contribution in [-0.2, 0) is 4.79 Å². The Labute approximate surface area is 140 Å². The average molecular weight is 390 g/mol. The summed E-state index contributed by atoms with van der Waals surface area (Å²) >= 11 is 15.1. The molecule has 0 aliphatic rings. The van der Waals surface area contributed by atoms with Gasteiger partial charge in [-0.25, -0.2) is 0 Å². The first-order valence-electron chi connectivity index (χ1n) is 5.88. The molecule has 0 radical (unpaired) electrons. The standard InChI is InChI=1S/C14H11BrCl2N2O2/c15-9-6-8(2-3-10(9)16)19-13(14(18)21)7-1-4-12(20)11(17)5-7/h1-6,13,19-20H,(H2,18,21). The molecule has 0 aliphatic carbocycles. The molecule has 1 unspecified atom stereocenters. The molecule has 21 heavy (non-hydrogen) atoms. The van der Waals surface area contributed by atoms with Crippen LogP contribution in [0.1, 0.15) is 11.6 Å². The molecule has 0 saturated carbocycles. The van der Waals surface area contributed by atoms with Gasteiger partial charge in [0.25, 0.3) is 0 Å². The first-order chi connectivity index (χ1) is 9.88. The molecule has 2 aromatic rings. The Morgan fingerprint density at radius 2 is 1.90 bits per heavy atom. The lowest BCUT2D eigenvalue weighted by atomic mass is 10.1. The van der Waals surface area contributed by atoms with Crippen LogP contribution in [0, 0.1) is 0 Å². The number of carbonyl (C=O) groups excluding carboxylic acids is 1. The van der Waals surface area contributed by atoms with E-state index in [1.54, 1.807) is 24.3 Å². The summed E-state index contributed by atoms with van der Waals surface area (Å²) in [6, 6.07) is 8.85. The molecule has 0 spiro atoms. The maximum absolute atomic E-state index is 11.7. The Bertz CT molecular complexity index is 695. The topological polar surface area (TPSA) is 75.4 Å². The molecule has 2 aromatic carbocycles. The lowest BCUT2D eigenvalue weighted by molar-refractivity contribution is -0.118. The van der Waals surface area contributed by atoms with Crippen LogP contribution in [0.2, 0.25) is 10.0 Å². The van der Waals surface area contributed by atoms with Gasteiger partial charge < -0.3 is 16.2 Å². The number of rotatable bonds is 4. The third-order valence-corrected chi connectivity index (χ3v) is 4.34. The largest absolute Gasteiger partial charge is 0.506 e. The summed E-state index contributed by atoms with van der Waals surface area (Å²) in [5.74, 6) is -0.624. The second-order valence-corrected chi connectivity index (χ2v) is 5.99. The van der Waals surface area contributed by atoms with Crippen molar-refractivity contribution in [2.24, 2.45) is 5.73 Å². The van der Waals surface area contributed by atoms with E-state index in [1.165, 1.54) is 12.1 Å². The van der Waals surface area contributed by atoms with Crippen LogP contribution in [0.25, 0.3) is 0 Å². The van der Waals surface area contributed by atoms with Gasteiger partial charge in [-0.3, -0.25) is 4.79 Å². The Morgan fingerprint density at radius 1 is 1.19 bits per heavy atom. The van der Waals surface area contributed by atoms with E-state index in [9.17, 15) is 9.90 Å². The molecule has 0 saturated heterocycles. The molecule has 0 heterocycles. The van der Waals surface area contributed by atoms with E-state index in [2.05, 4.69) is 21.2 Å². The number of aromatic hydroxyl groups is 1. The van der Waals surface area contributed by atoms with Crippen molar-refractivity contribution in [1.29, 1.82) is 0 Å². The van der Waals surface area contributed by atoms with Crippen LogP contribution in [0.15, 0.2) is 40.9 Å². The Morgan fingerprint density at radius 3 is 2.48 bits per heavy atom. The molecule has 0 aromatic heterocycles. The fraction of sp³-hybridized carbons (Fsp3) is 0.0714. The minimum Gasteiger partial charge on any atom is -0.506 e. The zero-order valence-corrected chi connectivity index (χ0v) is 13.7. The maximum atomic E-state index is 11.7. The zero-order valence-electron chi connectivity index (χ0n) is 10.6. The van der Waals surface area contributed by atoms with Crippen molar-refractivity contribution in [2.45, 2.75) is 6.04 Å². The Kier molecular flexibility index (Phi) is 4.98. The summed E-state index contributed by atoms with van der Waals surface area (Å²) in [6.45, 7) is 0. The number of phenolic OH excluding ortho intramolecular Hbond substituents is 1. The number of anilines is 1. The van der Waals surface area contributed by atoms with Crippen LogP contribution >= 0.6 is 39.1 Å². The van der Waals surface area contributed by atoms with Gasteiger partial charge in [0.05, 0.1) is 10.0 Å². The van der Waals surface area contributed by atoms with E-state index < -0.39 is 11.9 Å². The highest BCUT2D eigenvalue weighted by molar-refractivity contribution is 9.10. The molecule has 0 bridgehead atoms. The van der Waals surface area contributed by atoms with Gasteiger partial charge in [-0.1, -0.05) is 29.3 Å². The van der Waals surface area contributed by atoms with Gasteiger partial charge in [-0.05, 0) is 51.8 Å². The van der Waals surface area contributed by atoms with E-state index in [0.717, 1.165) is 0 Å². The van der Waals surface area contributed by atoms with Crippen molar-refractivity contribution in [2.75, 3.05) is 5.32 Å². The van der Waals surface area contributed by atoms with Gasteiger partial charge in [0.15, 0.2) is 0 Å². The minimum atomic E-state index is -0.781. The van der Waals surface area contributed by atoms with Crippen molar-refractivity contribution in [3.8, 4) is 5.75 Å². The van der Waals surface area contributed by atoms with Gasteiger partial charge in [0.1, 0.15) is 11.8 Å². The van der Waals surface area contributed by atoms with Gasteiger partial charge in [-0.2, -0.15) is 0 Å². The molecule has 0 aliphatic heterocycles. The summed E-state index contributed by atoms with van der Waals surface area (Å²) in [6.07, 6.45) is 0. The van der Waals surface area contributed by atoms with Crippen LogP contribution in [0.5, 0.6) is 5.75 Å². The summed E-state index contributed by atoms with van der Waals surface area (Å²) in [4.78, 5) is 11.7. The minimum absolute atomic E-state index is 0.0575. The number of phenols is 1. The molecule has 7 heteroatoms. The fourth-order valence-electron chi connectivity index (χ4n) is 1.77. The Balaban J connectivity index is 2.32. The summed E-state index contributed by atoms with van der Waals surface area (Å²) in [5, 5.41) is 13.1. The lowest BCUT2D eigenvalue weighted by Gasteiger charge is -2.18. The van der Waals surface area contributed by atoms with Crippen LogP contribution in [-0.4, -0.2) is 11.0 Å². The summed E-state index contributed by atoms with van der Waals surface area (Å²) < 4.78 is 0.695. The molecule has 1 atom stereocenters. The normalized spacial score (nSPS) is 12.0. The van der Waals surface area contributed by atoms with Crippen LogP contribution in [0.3, 0.4) is 0 Å². The van der Waals surface area contributed by atoms with Gasteiger partial charge in [0, 0.05) is 10.2 Å². The number of nitrogens with two attached hydrogens (primary N) is 1. The van der Waals surface area contributed by atoms with Crippen LogP contribution in [0.4, 0.5) is 5.69 Å². The molecule has 1 amide bonds. The second kappa shape index (κ2) is 6.56. The number of hydrogen-bond acceptors (Lipinski definition) is 3. The van der Waals surface area contributed by atoms with E-state index in [0.29, 0.717) is 20.7 Å². The van der Waals surface area contributed by atoms with Crippen molar-refractivity contribution < 1.29 is 9.90 Å². The molecular weight excluding hydrogens is 379 g/mol. The monoisotopic (exact) mass is 388 g/mol. The Hall–Kier alpha value is -1.43. The molecule has 2 rings (SSSR count). The quantitative estimate of drug-likeness (QED) is 0.736. The van der Waals surface area contributed by atoms with Gasteiger partial charge >= 0.3 is 0 Å². The number of primary amides is 1. The number of halogens is 3. The number of nitrogens with one attached hydrogen (secondary N) is 1. The number of benzene rings is 2. The maximum Gasteiger partial charge on any atom is 0.244 e. The highest BCUT2D eigenvalue weighted by atomic mass is 79.9. The number of amides is 1. The molecule has 110 valence electrons. The van der Waals surface area contributed by atoms with Crippen molar-refractivity contribution >= 4 is 50.7 Å². The third-order valence-electron chi connectivity index (χ3n) is 2.82.